The van der Waals surface area contributed by atoms with Crippen LogP contribution >= 0.6 is 0 Å². The molecule has 3 atom stereocenters. The Bertz CT molecular complexity index is 904. The molecule has 0 spiro atoms. The van der Waals surface area contributed by atoms with Crippen LogP contribution in [0.5, 0.6) is 0 Å². The Morgan fingerprint density at radius 1 is 0.509 bits per heavy atom. The van der Waals surface area contributed by atoms with Gasteiger partial charge in [0.2, 0.25) is 5.91 Å². The van der Waals surface area contributed by atoms with E-state index < -0.39 is 18.2 Å². The molecule has 3 unspecified atom stereocenters. The van der Waals surface area contributed by atoms with Gasteiger partial charge in [-0.1, -0.05) is 225 Å². The molecule has 0 aliphatic heterocycles. The number of rotatable bonds is 45. The summed E-state index contributed by atoms with van der Waals surface area (Å²) >= 11 is 0. The zero-order valence-corrected chi connectivity index (χ0v) is 38.2. The number of amides is 1. The molecule has 0 aromatic heterocycles. The second kappa shape index (κ2) is 45.4. The smallest absolute Gasteiger partial charge is 0.306 e. The summed E-state index contributed by atoms with van der Waals surface area (Å²) in [4.78, 5) is 26.0. The van der Waals surface area contributed by atoms with E-state index in [0.717, 1.165) is 51.4 Å². The number of ether oxygens (including phenoxy) is 1. The molecule has 6 heteroatoms. The number of unbranched alkanes of at least 4 members (excludes halogenated alkanes) is 30. The van der Waals surface area contributed by atoms with E-state index in [-0.39, 0.29) is 24.9 Å². The van der Waals surface area contributed by atoms with Gasteiger partial charge in [0.05, 0.1) is 25.2 Å². The van der Waals surface area contributed by atoms with Gasteiger partial charge in [-0.15, -0.1) is 0 Å². The highest BCUT2D eigenvalue weighted by Gasteiger charge is 2.24. The van der Waals surface area contributed by atoms with E-state index in [1.165, 1.54) is 167 Å². The predicted octanol–water partition coefficient (Wildman–Crippen LogP) is 14.7. The fraction of sp³-hybridized carbons (Fsp3) is 0.882. The minimum atomic E-state index is -0.784. The Hall–Kier alpha value is -1.66. The molecule has 0 saturated carbocycles. The number of nitrogens with one attached hydrogen (secondary N) is 1. The predicted molar refractivity (Wildman–Crippen MR) is 246 cm³/mol. The van der Waals surface area contributed by atoms with Crippen molar-refractivity contribution in [3.63, 3.8) is 0 Å². The molecule has 6 nitrogen and oxygen atoms in total. The summed E-state index contributed by atoms with van der Waals surface area (Å²) < 4.78 is 5.91. The normalized spacial score (nSPS) is 13.4. The summed E-state index contributed by atoms with van der Waals surface area (Å²) in [7, 11) is 0. The first-order valence-electron chi connectivity index (χ1n) is 25.1. The lowest BCUT2D eigenvalue weighted by atomic mass is 10.0. The van der Waals surface area contributed by atoms with Crippen LogP contribution < -0.4 is 5.32 Å². The zero-order chi connectivity index (χ0) is 41.7. The molecule has 0 saturated heterocycles. The van der Waals surface area contributed by atoms with Crippen molar-refractivity contribution in [2.24, 2.45) is 0 Å². The van der Waals surface area contributed by atoms with Gasteiger partial charge in [0.15, 0.2) is 0 Å². The molecule has 0 rings (SSSR count). The summed E-state index contributed by atoms with van der Waals surface area (Å²) in [5, 5.41) is 23.7. The Balaban J connectivity index is 4.47. The lowest BCUT2D eigenvalue weighted by Crippen LogP contribution is -2.46. The molecule has 0 aliphatic rings. The topological polar surface area (TPSA) is 95.9 Å². The molecular weight excluding hydrogens is 707 g/mol. The molecule has 0 aromatic carbocycles. The Kier molecular flexibility index (Phi) is 44.1. The first kappa shape index (κ1) is 55.3. The van der Waals surface area contributed by atoms with E-state index in [1.54, 1.807) is 0 Å². The maximum absolute atomic E-state index is 13.1. The van der Waals surface area contributed by atoms with Crippen molar-refractivity contribution in [1.82, 2.24) is 5.32 Å². The third-order valence-electron chi connectivity index (χ3n) is 11.6. The Labute approximate surface area is 354 Å². The average molecular weight is 804 g/mol. The van der Waals surface area contributed by atoms with Crippen LogP contribution in [0.1, 0.15) is 265 Å². The molecule has 57 heavy (non-hydrogen) atoms. The number of carbonyl (C=O) groups excluding carboxylic acids is 2. The zero-order valence-electron chi connectivity index (χ0n) is 38.2. The minimum absolute atomic E-state index is 0.0756. The number of hydrogen-bond donors (Lipinski definition) is 3. The quantitative estimate of drug-likeness (QED) is 0.0324. The molecule has 1 amide bonds. The maximum Gasteiger partial charge on any atom is 0.306 e. The fourth-order valence-electron chi connectivity index (χ4n) is 7.72. The van der Waals surface area contributed by atoms with Gasteiger partial charge in [0.25, 0.3) is 0 Å². The van der Waals surface area contributed by atoms with Gasteiger partial charge in [-0.05, 0) is 51.4 Å². The first-order valence-corrected chi connectivity index (χ1v) is 25.1. The standard InChI is InChI=1S/C51H97NO5/c1-4-7-10-13-16-19-21-22-23-24-25-26-27-29-32-35-38-41-44-51(56)57-47(42-39-36-33-30-18-15-12-9-6-3)45-50(55)52-48(46-53)49(54)43-40-37-34-31-28-20-17-14-11-8-5-2/h23-26,47-49,53-54H,4-22,27-46H2,1-3H3,(H,52,55)/b24-23+,26-25+. The monoisotopic (exact) mass is 804 g/mol. The number of hydrogen-bond acceptors (Lipinski definition) is 5. The summed E-state index contributed by atoms with van der Waals surface area (Å²) in [5.41, 5.74) is 0. The molecule has 0 radical (unpaired) electrons. The Morgan fingerprint density at radius 2 is 0.877 bits per heavy atom. The third-order valence-corrected chi connectivity index (χ3v) is 11.6. The van der Waals surface area contributed by atoms with Gasteiger partial charge in [-0.3, -0.25) is 9.59 Å². The third kappa shape index (κ3) is 40.9. The minimum Gasteiger partial charge on any atom is -0.462 e. The second-order valence-corrected chi connectivity index (χ2v) is 17.3. The van der Waals surface area contributed by atoms with Crippen molar-refractivity contribution in [3.8, 4) is 0 Å². The van der Waals surface area contributed by atoms with Crippen LogP contribution in [-0.4, -0.2) is 46.9 Å². The highest BCUT2D eigenvalue weighted by Crippen LogP contribution is 2.18. The lowest BCUT2D eigenvalue weighted by molar-refractivity contribution is -0.151. The summed E-state index contributed by atoms with van der Waals surface area (Å²) in [6.45, 7) is 6.46. The van der Waals surface area contributed by atoms with Crippen LogP contribution in [0.25, 0.3) is 0 Å². The Morgan fingerprint density at radius 3 is 1.30 bits per heavy atom. The number of esters is 1. The fourth-order valence-corrected chi connectivity index (χ4v) is 7.72. The van der Waals surface area contributed by atoms with Crippen molar-refractivity contribution in [2.75, 3.05) is 6.61 Å². The SMILES string of the molecule is CCCCCCCCC/C=C/C=C/CCCCCCCC(=O)OC(CCCCCCCCCCC)CC(=O)NC(CO)C(O)CCCCCCCCCCCCC. The number of allylic oxidation sites excluding steroid dienone is 4. The highest BCUT2D eigenvalue weighted by atomic mass is 16.5. The van der Waals surface area contributed by atoms with Gasteiger partial charge in [0.1, 0.15) is 6.10 Å². The van der Waals surface area contributed by atoms with E-state index in [4.69, 9.17) is 4.74 Å². The summed E-state index contributed by atoms with van der Waals surface area (Å²) in [6.07, 6.45) is 51.0. The van der Waals surface area contributed by atoms with Crippen molar-refractivity contribution >= 4 is 11.9 Å². The van der Waals surface area contributed by atoms with Gasteiger partial charge < -0.3 is 20.3 Å². The molecule has 0 aliphatic carbocycles. The molecule has 0 aromatic rings. The van der Waals surface area contributed by atoms with E-state index in [9.17, 15) is 19.8 Å². The van der Waals surface area contributed by atoms with Crippen molar-refractivity contribution in [2.45, 2.75) is 283 Å². The molecule has 336 valence electrons. The van der Waals surface area contributed by atoms with E-state index in [0.29, 0.717) is 19.3 Å². The van der Waals surface area contributed by atoms with Crippen LogP contribution in [0.4, 0.5) is 0 Å². The van der Waals surface area contributed by atoms with Crippen molar-refractivity contribution < 1.29 is 24.5 Å². The second-order valence-electron chi connectivity index (χ2n) is 17.3. The van der Waals surface area contributed by atoms with E-state index in [2.05, 4.69) is 50.4 Å². The lowest BCUT2D eigenvalue weighted by Gasteiger charge is -2.24. The van der Waals surface area contributed by atoms with Crippen LogP contribution in [0, 0.1) is 0 Å². The number of aliphatic hydroxyl groups excluding tert-OH is 2. The van der Waals surface area contributed by atoms with Gasteiger partial charge >= 0.3 is 5.97 Å². The van der Waals surface area contributed by atoms with Crippen LogP contribution in [0.3, 0.4) is 0 Å². The molecule has 0 heterocycles. The van der Waals surface area contributed by atoms with Gasteiger partial charge in [0, 0.05) is 6.42 Å². The van der Waals surface area contributed by atoms with Gasteiger partial charge in [-0.2, -0.15) is 0 Å². The highest BCUT2D eigenvalue weighted by molar-refractivity contribution is 5.77. The number of carbonyl (C=O) groups is 2. The maximum atomic E-state index is 13.1. The molecular formula is C51H97NO5. The number of aliphatic hydroxyl groups is 2. The van der Waals surface area contributed by atoms with Crippen LogP contribution in [-0.2, 0) is 14.3 Å². The molecule has 3 N–H and O–H groups in total. The van der Waals surface area contributed by atoms with Crippen molar-refractivity contribution in [3.05, 3.63) is 24.3 Å². The van der Waals surface area contributed by atoms with Gasteiger partial charge in [-0.25, -0.2) is 0 Å². The van der Waals surface area contributed by atoms with Crippen molar-refractivity contribution in [1.29, 1.82) is 0 Å². The largest absolute Gasteiger partial charge is 0.462 e. The summed E-state index contributed by atoms with van der Waals surface area (Å²) in [6, 6.07) is -0.698. The van der Waals surface area contributed by atoms with Crippen LogP contribution in [0.15, 0.2) is 24.3 Å². The van der Waals surface area contributed by atoms with Crippen LogP contribution in [0.2, 0.25) is 0 Å². The average Bonchev–Trinajstić information content (AvgIpc) is 3.20. The molecule has 0 bridgehead atoms. The summed E-state index contributed by atoms with van der Waals surface area (Å²) in [5.74, 6) is -0.483. The first-order chi connectivity index (χ1) is 28.0. The van der Waals surface area contributed by atoms with E-state index in [1.807, 2.05) is 0 Å². The molecule has 0 fully saturated rings. The van der Waals surface area contributed by atoms with E-state index >= 15 is 0 Å².